The maximum absolute atomic E-state index is 12.4. The SMILES string of the molecule is CCCCCC(O)c1ccc(C2C(=O)C=C/C2=C/CCc2ccc(C(=O)O)s2)cc1. The van der Waals surface area contributed by atoms with E-state index in [1.165, 1.54) is 11.3 Å². The fourth-order valence-electron chi connectivity index (χ4n) is 3.75. The minimum absolute atomic E-state index is 0.0711. The van der Waals surface area contributed by atoms with Gasteiger partial charge in [0.15, 0.2) is 5.78 Å². The van der Waals surface area contributed by atoms with Crippen LogP contribution in [-0.2, 0) is 11.2 Å². The van der Waals surface area contributed by atoms with E-state index >= 15 is 0 Å². The first-order valence-corrected chi connectivity index (χ1v) is 11.3. The summed E-state index contributed by atoms with van der Waals surface area (Å²) in [6.45, 7) is 2.15. The van der Waals surface area contributed by atoms with Crippen LogP contribution in [0.3, 0.4) is 0 Å². The van der Waals surface area contributed by atoms with E-state index in [9.17, 15) is 14.7 Å². The summed E-state index contributed by atoms with van der Waals surface area (Å²) in [5, 5.41) is 19.4. The molecule has 1 aliphatic rings. The van der Waals surface area contributed by atoms with Crippen molar-refractivity contribution in [3.63, 3.8) is 0 Å². The van der Waals surface area contributed by atoms with Crippen molar-refractivity contribution < 1.29 is 19.8 Å². The molecule has 0 bridgehead atoms. The molecule has 0 spiro atoms. The Bertz CT molecular complexity index is 936. The van der Waals surface area contributed by atoms with Crippen LogP contribution in [0.1, 0.15) is 76.7 Å². The van der Waals surface area contributed by atoms with Gasteiger partial charge in [-0.2, -0.15) is 0 Å². The number of thiophene rings is 1. The van der Waals surface area contributed by atoms with Crippen LogP contribution < -0.4 is 0 Å². The lowest BCUT2D eigenvalue weighted by atomic mass is 9.90. The number of aromatic carboxylic acids is 1. The van der Waals surface area contributed by atoms with Crippen molar-refractivity contribution in [2.24, 2.45) is 0 Å². The van der Waals surface area contributed by atoms with Crippen LogP contribution in [0, 0.1) is 0 Å². The molecule has 2 N–H and O–H groups in total. The number of carbonyl (C=O) groups is 2. The molecule has 2 aromatic rings. The summed E-state index contributed by atoms with van der Waals surface area (Å²) < 4.78 is 0. The molecule has 1 aliphatic carbocycles. The van der Waals surface area contributed by atoms with Crippen LogP contribution in [0.5, 0.6) is 0 Å². The van der Waals surface area contributed by atoms with E-state index < -0.39 is 12.1 Å². The molecule has 0 radical (unpaired) electrons. The number of hydrogen-bond acceptors (Lipinski definition) is 4. The molecule has 2 atom stereocenters. The third kappa shape index (κ3) is 5.55. The van der Waals surface area contributed by atoms with Crippen molar-refractivity contribution in [1.29, 1.82) is 0 Å². The Morgan fingerprint density at radius 3 is 2.57 bits per heavy atom. The number of unbranched alkanes of at least 4 members (excludes halogenated alkanes) is 2. The maximum atomic E-state index is 12.4. The Morgan fingerprint density at radius 2 is 1.90 bits per heavy atom. The first-order chi connectivity index (χ1) is 14.5. The number of ketones is 1. The topological polar surface area (TPSA) is 74.6 Å². The number of carboxylic acids is 1. The molecular formula is C25H28O4S. The van der Waals surface area contributed by atoms with E-state index in [1.807, 2.05) is 36.4 Å². The van der Waals surface area contributed by atoms with Crippen molar-refractivity contribution in [2.45, 2.75) is 57.5 Å². The van der Waals surface area contributed by atoms with Gasteiger partial charge < -0.3 is 10.2 Å². The van der Waals surface area contributed by atoms with Gasteiger partial charge in [0.2, 0.25) is 0 Å². The lowest BCUT2D eigenvalue weighted by Crippen LogP contribution is -2.07. The minimum atomic E-state index is -0.895. The van der Waals surface area contributed by atoms with Gasteiger partial charge in [-0.3, -0.25) is 4.79 Å². The summed E-state index contributed by atoms with van der Waals surface area (Å²) in [6, 6.07) is 11.2. The Hall–Kier alpha value is -2.50. The van der Waals surface area contributed by atoms with Gasteiger partial charge in [0.05, 0.1) is 12.0 Å². The third-order valence-electron chi connectivity index (χ3n) is 5.44. The number of hydrogen-bond donors (Lipinski definition) is 2. The highest BCUT2D eigenvalue weighted by Gasteiger charge is 2.26. The molecule has 1 heterocycles. The number of benzene rings is 1. The maximum Gasteiger partial charge on any atom is 0.345 e. The summed E-state index contributed by atoms with van der Waals surface area (Å²) in [4.78, 5) is 24.8. The highest BCUT2D eigenvalue weighted by Crippen LogP contribution is 2.33. The molecule has 0 amide bonds. The lowest BCUT2D eigenvalue weighted by molar-refractivity contribution is -0.114. The fraction of sp³-hybridized carbons (Fsp3) is 0.360. The lowest BCUT2D eigenvalue weighted by Gasteiger charge is -2.15. The van der Waals surface area contributed by atoms with Gasteiger partial charge in [0.1, 0.15) is 4.88 Å². The fourth-order valence-corrected chi connectivity index (χ4v) is 4.61. The predicted molar refractivity (Wildman–Crippen MR) is 120 cm³/mol. The number of aliphatic hydroxyl groups is 1. The molecule has 5 heteroatoms. The van der Waals surface area contributed by atoms with Gasteiger partial charge in [0.25, 0.3) is 0 Å². The zero-order valence-corrected chi connectivity index (χ0v) is 18.0. The van der Waals surface area contributed by atoms with Crippen molar-refractivity contribution in [1.82, 2.24) is 0 Å². The Balaban J connectivity index is 1.64. The van der Waals surface area contributed by atoms with Crippen LogP contribution in [-0.4, -0.2) is 22.0 Å². The second-order valence-corrected chi connectivity index (χ2v) is 8.83. The number of carbonyl (C=O) groups excluding carboxylic acids is 1. The van der Waals surface area contributed by atoms with Gasteiger partial charge >= 0.3 is 5.97 Å². The van der Waals surface area contributed by atoms with Crippen molar-refractivity contribution in [3.8, 4) is 0 Å². The van der Waals surface area contributed by atoms with Gasteiger partial charge in [-0.25, -0.2) is 4.79 Å². The second-order valence-electron chi connectivity index (χ2n) is 7.66. The Kier molecular flexibility index (Phi) is 7.77. The first kappa shape index (κ1) is 22.2. The van der Waals surface area contributed by atoms with E-state index in [2.05, 4.69) is 13.0 Å². The molecule has 158 valence electrons. The Morgan fingerprint density at radius 1 is 1.13 bits per heavy atom. The number of aryl methyl sites for hydroxylation is 1. The van der Waals surface area contributed by atoms with Gasteiger partial charge in [-0.15, -0.1) is 11.3 Å². The molecule has 0 saturated heterocycles. The highest BCUT2D eigenvalue weighted by atomic mass is 32.1. The number of rotatable bonds is 10. The second kappa shape index (κ2) is 10.5. The Labute approximate surface area is 181 Å². The standard InChI is InChI=1S/C25H28O4S/c1-2-3-4-8-21(26)17-9-11-19(12-10-17)24-18(13-15-22(24)27)6-5-7-20-14-16-23(30-20)25(28)29/h6,9-16,21,24,26H,2-5,7-8H2,1H3,(H,28,29)/b18-6-. The molecule has 0 aliphatic heterocycles. The monoisotopic (exact) mass is 424 g/mol. The van der Waals surface area contributed by atoms with E-state index in [-0.39, 0.29) is 11.7 Å². The average molecular weight is 425 g/mol. The molecule has 0 fully saturated rings. The summed E-state index contributed by atoms with van der Waals surface area (Å²) >= 11 is 1.29. The zero-order chi connectivity index (χ0) is 21.5. The molecule has 2 unspecified atom stereocenters. The number of aliphatic hydroxyl groups excluding tert-OH is 1. The van der Waals surface area contributed by atoms with Gasteiger partial charge in [-0.1, -0.05) is 62.6 Å². The normalized spacial score (nSPS) is 18.3. The third-order valence-corrected chi connectivity index (χ3v) is 6.57. The van der Waals surface area contributed by atoms with Crippen molar-refractivity contribution >= 4 is 23.1 Å². The summed E-state index contributed by atoms with van der Waals surface area (Å²) in [5.74, 6) is -1.12. The van der Waals surface area contributed by atoms with Crippen LogP contribution in [0.2, 0.25) is 0 Å². The quantitative estimate of drug-likeness (QED) is 0.470. The summed E-state index contributed by atoms with van der Waals surface area (Å²) in [5.41, 5.74) is 2.81. The smallest absolute Gasteiger partial charge is 0.345 e. The molecule has 4 nitrogen and oxygen atoms in total. The van der Waals surface area contributed by atoms with Gasteiger partial charge in [-0.05, 0) is 54.2 Å². The predicted octanol–water partition coefficient (Wildman–Crippen LogP) is 5.84. The average Bonchev–Trinajstić information content (AvgIpc) is 3.35. The van der Waals surface area contributed by atoms with Crippen molar-refractivity contribution in [3.05, 3.63) is 81.1 Å². The van der Waals surface area contributed by atoms with E-state index in [0.717, 1.165) is 60.1 Å². The zero-order valence-electron chi connectivity index (χ0n) is 17.2. The molecule has 1 aromatic carbocycles. The van der Waals surface area contributed by atoms with Crippen LogP contribution in [0.4, 0.5) is 0 Å². The molecule has 1 aromatic heterocycles. The van der Waals surface area contributed by atoms with Crippen LogP contribution in [0.25, 0.3) is 0 Å². The number of allylic oxidation sites excluding steroid dienone is 4. The van der Waals surface area contributed by atoms with Crippen LogP contribution >= 0.6 is 11.3 Å². The summed E-state index contributed by atoms with van der Waals surface area (Å²) in [6.07, 6.45) is 10.6. The first-order valence-electron chi connectivity index (χ1n) is 10.5. The van der Waals surface area contributed by atoms with E-state index in [0.29, 0.717) is 4.88 Å². The molecule has 3 rings (SSSR count). The van der Waals surface area contributed by atoms with E-state index in [4.69, 9.17) is 5.11 Å². The van der Waals surface area contributed by atoms with Crippen LogP contribution in [0.15, 0.2) is 60.2 Å². The summed E-state index contributed by atoms with van der Waals surface area (Å²) in [7, 11) is 0. The highest BCUT2D eigenvalue weighted by molar-refractivity contribution is 7.13. The van der Waals surface area contributed by atoms with Gasteiger partial charge in [0, 0.05) is 4.88 Å². The van der Waals surface area contributed by atoms with E-state index in [1.54, 1.807) is 12.1 Å². The largest absolute Gasteiger partial charge is 0.477 e. The molecular weight excluding hydrogens is 396 g/mol. The minimum Gasteiger partial charge on any atom is -0.477 e. The molecule has 0 saturated carbocycles. The van der Waals surface area contributed by atoms with Crippen molar-refractivity contribution in [2.75, 3.05) is 0 Å². The number of carboxylic acid groups (broad SMARTS) is 1. The molecule has 30 heavy (non-hydrogen) atoms.